The highest BCUT2D eigenvalue weighted by Crippen LogP contribution is 2.20. The maximum absolute atomic E-state index is 12.4. The fourth-order valence-corrected chi connectivity index (χ4v) is 1.63. The summed E-state index contributed by atoms with van der Waals surface area (Å²) in [7, 11) is 1.50. The molecular formula is C18H31N3O4. The summed E-state index contributed by atoms with van der Waals surface area (Å²) in [6.45, 7) is 12.4. The number of ether oxygens (including phenoxy) is 2. The largest absolute Gasteiger partial charge is 0.443 e. The van der Waals surface area contributed by atoms with Crippen LogP contribution in [0, 0.1) is 0 Å². The molecule has 0 aromatic carbocycles. The third-order valence-electron chi connectivity index (χ3n) is 2.60. The van der Waals surface area contributed by atoms with Crippen LogP contribution in [0.25, 0.3) is 0 Å². The summed E-state index contributed by atoms with van der Waals surface area (Å²) in [4.78, 5) is 29.8. The van der Waals surface area contributed by atoms with Gasteiger partial charge in [0.25, 0.3) is 0 Å². The van der Waals surface area contributed by atoms with Crippen LogP contribution in [0.3, 0.4) is 0 Å². The van der Waals surface area contributed by atoms with E-state index >= 15 is 0 Å². The predicted molar refractivity (Wildman–Crippen MR) is 98.7 cm³/mol. The fourth-order valence-electron chi connectivity index (χ4n) is 1.63. The first-order valence-electron chi connectivity index (χ1n) is 8.21. The van der Waals surface area contributed by atoms with Gasteiger partial charge < -0.3 is 15.2 Å². The number of aromatic nitrogens is 1. The molecule has 0 radical (unpaired) electrons. The number of hydrogen-bond donors (Lipinski definition) is 1. The number of carbonyl (C=O) groups excluding carboxylic acids is 2. The van der Waals surface area contributed by atoms with Crippen LogP contribution in [-0.4, -0.2) is 35.4 Å². The Hall–Kier alpha value is -2.15. The van der Waals surface area contributed by atoms with Crippen molar-refractivity contribution in [3.63, 3.8) is 0 Å². The monoisotopic (exact) mass is 353 g/mol. The molecule has 0 saturated heterocycles. The average Bonchev–Trinajstić information content (AvgIpc) is 2.46. The Bertz CT molecular complexity index is 529. The van der Waals surface area contributed by atoms with E-state index in [-0.39, 0.29) is 5.82 Å². The lowest BCUT2D eigenvalue weighted by Gasteiger charge is -2.28. The van der Waals surface area contributed by atoms with Gasteiger partial charge in [0, 0.05) is 6.20 Å². The number of carbonyl (C=O) groups is 2. The lowest BCUT2D eigenvalue weighted by molar-refractivity contribution is 0.0429. The molecule has 0 aliphatic carbocycles. The summed E-state index contributed by atoms with van der Waals surface area (Å²) in [5.74, 6) is 0.172. The molecule has 0 fully saturated rings. The topological polar surface area (TPSA) is 94.8 Å². The van der Waals surface area contributed by atoms with Crippen molar-refractivity contribution in [2.45, 2.75) is 66.1 Å². The summed E-state index contributed by atoms with van der Waals surface area (Å²) in [6.07, 6.45) is 0.801. The molecule has 0 saturated carbocycles. The number of anilines is 1. The van der Waals surface area contributed by atoms with Gasteiger partial charge in [-0.15, -0.1) is 0 Å². The van der Waals surface area contributed by atoms with Crippen molar-refractivity contribution < 1.29 is 19.1 Å². The zero-order valence-electron chi connectivity index (χ0n) is 16.5. The number of nitrogens with two attached hydrogens (primary N) is 1. The maximum Gasteiger partial charge on any atom is 0.425 e. The molecular weight excluding hydrogens is 322 g/mol. The van der Waals surface area contributed by atoms with Crippen molar-refractivity contribution >= 4 is 18.0 Å². The van der Waals surface area contributed by atoms with Gasteiger partial charge in [-0.25, -0.2) is 14.6 Å². The van der Waals surface area contributed by atoms with Crippen LogP contribution in [0.1, 0.15) is 54.0 Å². The van der Waals surface area contributed by atoms with Crippen molar-refractivity contribution in [2.24, 2.45) is 5.73 Å². The van der Waals surface area contributed by atoms with E-state index in [0.717, 1.165) is 16.9 Å². The third kappa shape index (κ3) is 8.49. The number of hydrogen-bond acceptors (Lipinski definition) is 6. The Balaban J connectivity index is 0.00000277. The number of nitrogens with zero attached hydrogens (tertiary/aromatic N) is 2. The van der Waals surface area contributed by atoms with Gasteiger partial charge in [0.1, 0.15) is 17.0 Å². The normalized spacial score (nSPS) is 11.1. The molecule has 7 heteroatoms. The SMILES string of the molecule is CCc1ccc(N(C(=O)OC(C)(C)C)C(=O)OC(C)(C)C)nc1.CN. The van der Waals surface area contributed by atoms with Crippen LogP contribution in [-0.2, 0) is 15.9 Å². The van der Waals surface area contributed by atoms with Gasteiger partial charge in [-0.2, -0.15) is 4.90 Å². The fraction of sp³-hybridized carbons (Fsp3) is 0.611. The molecule has 25 heavy (non-hydrogen) atoms. The van der Waals surface area contributed by atoms with Crippen LogP contribution < -0.4 is 10.6 Å². The van der Waals surface area contributed by atoms with Crippen LogP contribution in [0.2, 0.25) is 0 Å². The van der Waals surface area contributed by atoms with E-state index in [1.165, 1.54) is 7.05 Å². The van der Waals surface area contributed by atoms with Gasteiger partial charge in [-0.1, -0.05) is 13.0 Å². The highest BCUT2D eigenvalue weighted by molar-refractivity contribution is 6.08. The molecule has 1 heterocycles. The molecule has 0 spiro atoms. The van der Waals surface area contributed by atoms with Crippen molar-refractivity contribution in [3.8, 4) is 0 Å². The Morgan fingerprint density at radius 2 is 1.44 bits per heavy atom. The Kier molecular flexibility index (Phi) is 8.56. The second-order valence-electron chi connectivity index (χ2n) is 7.17. The summed E-state index contributed by atoms with van der Waals surface area (Å²) >= 11 is 0. The molecule has 2 N–H and O–H groups in total. The summed E-state index contributed by atoms with van der Waals surface area (Å²) in [5.41, 5.74) is 4.03. The molecule has 0 atom stereocenters. The van der Waals surface area contributed by atoms with E-state index in [2.05, 4.69) is 10.7 Å². The van der Waals surface area contributed by atoms with Gasteiger partial charge in [0.05, 0.1) is 0 Å². The van der Waals surface area contributed by atoms with Gasteiger partial charge in [-0.3, -0.25) is 0 Å². The molecule has 1 aromatic heterocycles. The minimum absolute atomic E-state index is 0.172. The second kappa shape index (κ2) is 9.36. The molecule has 0 unspecified atom stereocenters. The van der Waals surface area contributed by atoms with Crippen LogP contribution in [0.5, 0.6) is 0 Å². The second-order valence-corrected chi connectivity index (χ2v) is 7.17. The zero-order chi connectivity index (χ0) is 19.8. The molecule has 142 valence electrons. The molecule has 2 amide bonds. The van der Waals surface area contributed by atoms with E-state index in [1.54, 1.807) is 53.8 Å². The molecule has 0 aliphatic rings. The smallest absolute Gasteiger partial charge is 0.425 e. The van der Waals surface area contributed by atoms with Gasteiger partial charge in [-0.05, 0) is 66.6 Å². The predicted octanol–water partition coefficient (Wildman–Crippen LogP) is 3.90. The summed E-state index contributed by atoms with van der Waals surface area (Å²) in [6, 6.07) is 3.41. The van der Waals surface area contributed by atoms with Crippen LogP contribution in [0.4, 0.5) is 15.4 Å². The minimum Gasteiger partial charge on any atom is -0.443 e. The number of rotatable bonds is 2. The summed E-state index contributed by atoms with van der Waals surface area (Å²) in [5, 5.41) is 0. The van der Waals surface area contributed by atoms with Crippen molar-refractivity contribution in [1.29, 1.82) is 0 Å². The first-order valence-corrected chi connectivity index (χ1v) is 8.21. The molecule has 0 bridgehead atoms. The Labute approximate surface area is 150 Å². The zero-order valence-corrected chi connectivity index (χ0v) is 16.5. The van der Waals surface area contributed by atoms with E-state index in [4.69, 9.17) is 9.47 Å². The first-order chi connectivity index (χ1) is 11.4. The lowest BCUT2D eigenvalue weighted by atomic mass is 10.2. The van der Waals surface area contributed by atoms with Crippen LogP contribution >= 0.6 is 0 Å². The molecule has 7 nitrogen and oxygen atoms in total. The quantitative estimate of drug-likeness (QED) is 0.866. The van der Waals surface area contributed by atoms with E-state index in [1.807, 2.05) is 13.0 Å². The maximum atomic E-state index is 12.4. The van der Waals surface area contributed by atoms with Crippen LogP contribution in [0.15, 0.2) is 18.3 Å². The van der Waals surface area contributed by atoms with E-state index in [0.29, 0.717) is 0 Å². The first kappa shape index (κ1) is 22.9. The third-order valence-corrected chi connectivity index (χ3v) is 2.60. The molecule has 0 aliphatic heterocycles. The molecule has 1 aromatic rings. The lowest BCUT2D eigenvalue weighted by Crippen LogP contribution is -2.44. The number of pyridine rings is 1. The minimum atomic E-state index is -0.816. The number of amides is 2. The number of aryl methyl sites for hydroxylation is 1. The molecule has 1 rings (SSSR count). The Morgan fingerprint density at radius 1 is 1.00 bits per heavy atom. The highest BCUT2D eigenvalue weighted by Gasteiger charge is 2.33. The van der Waals surface area contributed by atoms with Crippen molar-refractivity contribution in [1.82, 2.24) is 4.98 Å². The number of imide groups is 1. The Morgan fingerprint density at radius 3 is 1.72 bits per heavy atom. The van der Waals surface area contributed by atoms with Crippen molar-refractivity contribution in [3.05, 3.63) is 23.9 Å². The highest BCUT2D eigenvalue weighted by atomic mass is 16.6. The summed E-state index contributed by atoms with van der Waals surface area (Å²) < 4.78 is 10.6. The van der Waals surface area contributed by atoms with Crippen molar-refractivity contribution in [2.75, 3.05) is 11.9 Å². The average molecular weight is 353 g/mol. The van der Waals surface area contributed by atoms with Gasteiger partial charge >= 0.3 is 12.2 Å². The van der Waals surface area contributed by atoms with E-state index in [9.17, 15) is 9.59 Å². The standard InChI is InChI=1S/C17H26N2O4.CH5N/c1-8-12-9-10-13(18-11-12)19(14(20)22-16(2,3)4)15(21)23-17(5,6)7;1-2/h9-11H,8H2,1-7H3;2H2,1H3. The van der Waals surface area contributed by atoms with Gasteiger partial charge in [0.2, 0.25) is 0 Å². The van der Waals surface area contributed by atoms with E-state index < -0.39 is 23.4 Å². The van der Waals surface area contributed by atoms with Gasteiger partial charge in [0.15, 0.2) is 0 Å².